The SMILES string of the molecule is C[C@@H]1CN(c2cc(F)c3nc(-c4cc(F)c5nn(C)cc5c4)ccc3c2)C[C@H](C)N1C(=O)O. The lowest BCUT2D eigenvalue weighted by atomic mass is 10.0. The molecule has 3 heterocycles. The molecular weight excluding hydrogens is 428 g/mol. The van der Waals surface area contributed by atoms with Gasteiger partial charge >= 0.3 is 6.09 Å². The molecule has 2 atom stereocenters. The second kappa shape index (κ2) is 7.68. The van der Waals surface area contributed by atoms with Crippen molar-refractivity contribution >= 4 is 33.6 Å². The Morgan fingerprint density at radius 2 is 1.70 bits per heavy atom. The molecule has 0 unspecified atom stereocenters. The number of amides is 1. The molecule has 1 fully saturated rings. The molecule has 1 N–H and O–H groups in total. The molecule has 33 heavy (non-hydrogen) atoms. The maximum atomic E-state index is 15.2. The van der Waals surface area contributed by atoms with E-state index in [0.717, 1.165) is 0 Å². The first-order valence-corrected chi connectivity index (χ1v) is 10.7. The van der Waals surface area contributed by atoms with Crippen molar-refractivity contribution < 1.29 is 18.7 Å². The highest BCUT2D eigenvalue weighted by Gasteiger charge is 2.33. The van der Waals surface area contributed by atoms with Gasteiger partial charge in [0.15, 0.2) is 11.6 Å². The number of carbonyl (C=O) groups is 1. The molecule has 170 valence electrons. The van der Waals surface area contributed by atoms with Crippen LogP contribution in [0.3, 0.4) is 0 Å². The van der Waals surface area contributed by atoms with Crippen molar-refractivity contribution in [1.82, 2.24) is 19.7 Å². The summed E-state index contributed by atoms with van der Waals surface area (Å²) in [6.07, 6.45) is 0.777. The molecule has 0 aliphatic carbocycles. The molecule has 0 bridgehead atoms. The number of hydrogen-bond acceptors (Lipinski definition) is 4. The summed E-state index contributed by atoms with van der Waals surface area (Å²) >= 11 is 0. The fraction of sp³-hybridized carbons (Fsp3) is 0.292. The van der Waals surface area contributed by atoms with Crippen molar-refractivity contribution in [3.63, 3.8) is 0 Å². The van der Waals surface area contributed by atoms with E-state index in [4.69, 9.17) is 0 Å². The molecule has 9 heteroatoms. The molecule has 1 aliphatic rings. The van der Waals surface area contributed by atoms with Gasteiger partial charge in [-0.3, -0.25) is 9.58 Å². The maximum Gasteiger partial charge on any atom is 0.407 e. The Kier molecular flexibility index (Phi) is 4.92. The molecule has 1 aliphatic heterocycles. The Labute approximate surface area is 188 Å². The molecule has 1 saturated heterocycles. The summed E-state index contributed by atoms with van der Waals surface area (Å²) < 4.78 is 31.2. The van der Waals surface area contributed by atoms with Gasteiger partial charge in [0, 0.05) is 48.4 Å². The molecule has 0 spiro atoms. The van der Waals surface area contributed by atoms with Gasteiger partial charge < -0.3 is 10.0 Å². The molecule has 0 radical (unpaired) electrons. The zero-order valence-corrected chi connectivity index (χ0v) is 18.5. The van der Waals surface area contributed by atoms with E-state index >= 15 is 4.39 Å². The van der Waals surface area contributed by atoms with Crippen molar-refractivity contribution in [2.75, 3.05) is 18.0 Å². The lowest BCUT2D eigenvalue weighted by Gasteiger charge is -2.44. The number of carboxylic acid groups (broad SMARTS) is 1. The van der Waals surface area contributed by atoms with Crippen LogP contribution in [0.5, 0.6) is 0 Å². The molecule has 1 amide bonds. The number of pyridine rings is 1. The Morgan fingerprint density at radius 3 is 2.39 bits per heavy atom. The van der Waals surface area contributed by atoms with E-state index in [9.17, 15) is 14.3 Å². The molecule has 2 aromatic carbocycles. The van der Waals surface area contributed by atoms with Gasteiger partial charge in [-0.25, -0.2) is 18.6 Å². The molecular formula is C24H23F2N5O2. The number of aromatic nitrogens is 3. The van der Waals surface area contributed by atoms with Crippen molar-refractivity contribution in [1.29, 1.82) is 0 Å². The lowest BCUT2D eigenvalue weighted by Crippen LogP contribution is -2.58. The Hall–Kier alpha value is -3.75. The third-order valence-electron chi connectivity index (χ3n) is 6.21. The van der Waals surface area contributed by atoms with Crippen molar-refractivity contribution in [2.45, 2.75) is 25.9 Å². The number of piperazine rings is 1. The van der Waals surface area contributed by atoms with Crippen LogP contribution >= 0.6 is 0 Å². The Morgan fingerprint density at radius 1 is 1.00 bits per heavy atom. The van der Waals surface area contributed by atoms with Crippen LogP contribution in [0.2, 0.25) is 0 Å². The van der Waals surface area contributed by atoms with Gasteiger partial charge in [-0.1, -0.05) is 6.07 Å². The number of aryl methyl sites for hydroxylation is 1. The smallest absolute Gasteiger partial charge is 0.407 e. The van der Waals surface area contributed by atoms with Crippen molar-refractivity contribution in [3.8, 4) is 11.3 Å². The van der Waals surface area contributed by atoms with Crippen LogP contribution in [-0.2, 0) is 7.05 Å². The Bertz CT molecular complexity index is 1390. The second-order valence-corrected chi connectivity index (χ2v) is 8.69. The van der Waals surface area contributed by atoms with Crippen LogP contribution in [0.25, 0.3) is 33.1 Å². The van der Waals surface area contributed by atoms with Crippen molar-refractivity contribution in [3.05, 3.63) is 54.2 Å². The third-order valence-corrected chi connectivity index (χ3v) is 6.21. The number of fused-ring (bicyclic) bond motifs is 2. The number of anilines is 1. The maximum absolute atomic E-state index is 15.2. The zero-order chi connectivity index (χ0) is 23.4. The van der Waals surface area contributed by atoms with Crippen LogP contribution in [0.4, 0.5) is 19.3 Å². The number of hydrogen-bond donors (Lipinski definition) is 1. The molecule has 4 aromatic rings. The van der Waals surface area contributed by atoms with Gasteiger partial charge in [0.25, 0.3) is 0 Å². The largest absolute Gasteiger partial charge is 0.465 e. The van der Waals surface area contributed by atoms with Gasteiger partial charge in [0.05, 0.1) is 17.8 Å². The highest BCUT2D eigenvalue weighted by atomic mass is 19.1. The summed E-state index contributed by atoms with van der Waals surface area (Å²) in [6.45, 7) is 4.63. The number of benzene rings is 2. The summed E-state index contributed by atoms with van der Waals surface area (Å²) in [5, 5.41) is 14.8. The lowest BCUT2D eigenvalue weighted by molar-refractivity contribution is 0.0982. The highest BCUT2D eigenvalue weighted by molar-refractivity contribution is 5.88. The fourth-order valence-electron chi connectivity index (χ4n) is 4.79. The summed E-state index contributed by atoms with van der Waals surface area (Å²) in [5.74, 6) is -0.933. The first kappa shape index (κ1) is 21.1. The van der Waals surface area contributed by atoms with E-state index < -0.39 is 17.7 Å². The monoisotopic (exact) mass is 451 g/mol. The van der Waals surface area contributed by atoms with Crippen LogP contribution < -0.4 is 4.90 Å². The Balaban J connectivity index is 1.51. The molecule has 0 saturated carbocycles. The van der Waals surface area contributed by atoms with Crippen LogP contribution in [-0.4, -0.2) is 56.0 Å². The van der Waals surface area contributed by atoms with Gasteiger partial charge in [0.2, 0.25) is 0 Å². The first-order valence-electron chi connectivity index (χ1n) is 10.7. The third kappa shape index (κ3) is 3.63. The van der Waals surface area contributed by atoms with Gasteiger partial charge in [0.1, 0.15) is 11.0 Å². The van der Waals surface area contributed by atoms with Crippen molar-refractivity contribution in [2.24, 2.45) is 7.05 Å². The summed E-state index contributed by atoms with van der Waals surface area (Å²) in [4.78, 5) is 19.4. The first-order chi connectivity index (χ1) is 15.7. The highest BCUT2D eigenvalue weighted by Crippen LogP contribution is 2.31. The van der Waals surface area contributed by atoms with E-state index in [1.165, 1.54) is 17.0 Å². The quantitative estimate of drug-likeness (QED) is 0.481. The van der Waals surface area contributed by atoms with E-state index in [-0.39, 0.29) is 23.1 Å². The second-order valence-electron chi connectivity index (χ2n) is 8.69. The molecule has 5 rings (SSSR count). The standard InChI is InChI=1S/C24H23F2N5O2/c1-13-10-30(11-14(2)31(13)24(32)33)18-7-15-4-5-21(27-22(15)20(26)9-18)16-6-17-12-29(3)28-23(17)19(25)8-16/h4-9,12-14H,10-11H2,1-3H3,(H,32,33)/t13-,14+. The summed E-state index contributed by atoms with van der Waals surface area (Å²) in [5.41, 5.74) is 2.18. The van der Waals surface area contributed by atoms with E-state index in [2.05, 4.69) is 10.1 Å². The summed E-state index contributed by atoms with van der Waals surface area (Å²) in [6, 6.07) is 9.52. The normalized spacial score (nSPS) is 18.9. The van der Waals surface area contributed by atoms with Gasteiger partial charge in [-0.15, -0.1) is 0 Å². The molecule has 2 aromatic heterocycles. The topological polar surface area (TPSA) is 74.5 Å². The van der Waals surface area contributed by atoms with Crippen LogP contribution in [0.1, 0.15) is 13.8 Å². The van der Waals surface area contributed by atoms with E-state index in [1.807, 2.05) is 24.8 Å². The predicted molar refractivity (Wildman–Crippen MR) is 122 cm³/mol. The van der Waals surface area contributed by atoms with Gasteiger partial charge in [-0.05, 0) is 44.2 Å². The van der Waals surface area contributed by atoms with E-state index in [1.54, 1.807) is 36.1 Å². The van der Waals surface area contributed by atoms with E-state index in [0.29, 0.717) is 40.8 Å². The average molecular weight is 451 g/mol. The predicted octanol–water partition coefficient (Wildman–Crippen LogP) is 4.64. The summed E-state index contributed by atoms with van der Waals surface area (Å²) in [7, 11) is 1.73. The minimum atomic E-state index is -0.947. The minimum absolute atomic E-state index is 0.202. The molecule has 7 nitrogen and oxygen atoms in total. The van der Waals surface area contributed by atoms with Crippen LogP contribution in [0.15, 0.2) is 42.6 Å². The zero-order valence-electron chi connectivity index (χ0n) is 18.5. The fourth-order valence-corrected chi connectivity index (χ4v) is 4.79. The van der Waals surface area contributed by atoms with Gasteiger partial charge in [-0.2, -0.15) is 5.10 Å². The number of nitrogens with zero attached hydrogens (tertiary/aromatic N) is 5. The minimum Gasteiger partial charge on any atom is -0.465 e. The average Bonchev–Trinajstić information content (AvgIpc) is 3.13. The number of halogens is 2. The number of rotatable bonds is 2. The van der Waals surface area contributed by atoms with Crippen LogP contribution in [0, 0.1) is 11.6 Å².